The zero-order valence-corrected chi connectivity index (χ0v) is 12.8. The molecule has 3 rings (SSSR count). The Morgan fingerprint density at radius 1 is 1.39 bits per heavy atom. The number of nitrogens with one attached hydrogen (secondary N) is 2. The highest BCUT2D eigenvalue weighted by Gasteiger charge is 2.25. The highest BCUT2D eigenvalue weighted by atomic mass is 19.1. The Balaban J connectivity index is 1.72. The van der Waals surface area contributed by atoms with Crippen molar-refractivity contribution in [2.45, 2.75) is 18.9 Å². The molecule has 0 aromatic heterocycles. The zero-order valence-electron chi connectivity index (χ0n) is 12.8. The minimum atomic E-state index is -0.540. The van der Waals surface area contributed by atoms with Crippen LogP contribution >= 0.6 is 0 Å². The first-order chi connectivity index (χ1) is 11.1. The normalized spacial score (nSPS) is 23.9. The molecular formula is C16H21FN2O4. The summed E-state index contributed by atoms with van der Waals surface area (Å²) in [6.07, 6.45) is 0.967. The molecule has 2 heterocycles. The van der Waals surface area contributed by atoms with Crippen LogP contribution in [0.2, 0.25) is 0 Å². The van der Waals surface area contributed by atoms with Gasteiger partial charge >= 0.3 is 0 Å². The average Bonchev–Trinajstić information content (AvgIpc) is 2.78. The van der Waals surface area contributed by atoms with Gasteiger partial charge in [-0.2, -0.15) is 0 Å². The summed E-state index contributed by atoms with van der Waals surface area (Å²) in [4.78, 5) is 12.4. The van der Waals surface area contributed by atoms with Gasteiger partial charge in [-0.15, -0.1) is 0 Å². The fourth-order valence-electron chi connectivity index (χ4n) is 2.86. The smallest absolute Gasteiger partial charge is 0.255 e. The fourth-order valence-corrected chi connectivity index (χ4v) is 2.86. The Bertz CT molecular complexity index is 581. The minimum Gasteiger partial charge on any atom is -0.489 e. The van der Waals surface area contributed by atoms with Gasteiger partial charge in [-0.25, -0.2) is 4.39 Å². The van der Waals surface area contributed by atoms with E-state index in [-0.39, 0.29) is 23.0 Å². The van der Waals surface area contributed by atoms with Crippen LogP contribution in [0.3, 0.4) is 0 Å². The average molecular weight is 324 g/mol. The molecule has 1 saturated heterocycles. The second-order valence-electron chi connectivity index (χ2n) is 5.86. The Morgan fingerprint density at radius 3 is 3.04 bits per heavy atom. The van der Waals surface area contributed by atoms with Crippen LogP contribution in [-0.2, 0) is 0 Å². The van der Waals surface area contributed by atoms with E-state index in [4.69, 9.17) is 9.47 Å². The van der Waals surface area contributed by atoms with E-state index in [1.54, 1.807) is 0 Å². The van der Waals surface area contributed by atoms with Crippen molar-refractivity contribution in [3.63, 3.8) is 0 Å². The van der Waals surface area contributed by atoms with Crippen molar-refractivity contribution in [1.29, 1.82) is 0 Å². The van der Waals surface area contributed by atoms with Gasteiger partial charge < -0.3 is 25.2 Å². The van der Waals surface area contributed by atoms with Crippen molar-refractivity contribution in [3.05, 3.63) is 23.5 Å². The molecule has 1 aromatic rings. The number of amides is 1. The van der Waals surface area contributed by atoms with Crippen LogP contribution in [0, 0.1) is 11.7 Å². The summed E-state index contributed by atoms with van der Waals surface area (Å²) >= 11 is 0. The third-order valence-electron chi connectivity index (χ3n) is 4.17. The summed E-state index contributed by atoms with van der Waals surface area (Å²) in [5.41, 5.74) is 0.130. The topological polar surface area (TPSA) is 79.8 Å². The molecule has 1 amide bonds. The number of hydrogen-bond acceptors (Lipinski definition) is 5. The lowest BCUT2D eigenvalue weighted by molar-refractivity contribution is 0.0751. The monoisotopic (exact) mass is 324 g/mol. The third-order valence-corrected chi connectivity index (χ3v) is 4.17. The summed E-state index contributed by atoms with van der Waals surface area (Å²) in [6, 6.07) is 2.38. The molecule has 1 fully saturated rings. The molecule has 2 atom stereocenters. The predicted octanol–water partition coefficient (Wildman–Crippen LogP) is 0.687. The molecule has 2 aliphatic rings. The summed E-state index contributed by atoms with van der Waals surface area (Å²) in [7, 11) is 0. The van der Waals surface area contributed by atoms with Crippen LogP contribution in [0.5, 0.6) is 11.5 Å². The summed E-state index contributed by atoms with van der Waals surface area (Å²) < 4.78 is 24.7. The van der Waals surface area contributed by atoms with E-state index in [0.29, 0.717) is 32.7 Å². The Morgan fingerprint density at radius 2 is 2.22 bits per heavy atom. The fraction of sp³-hybridized carbons (Fsp3) is 0.562. The molecule has 2 unspecified atom stereocenters. The second-order valence-corrected chi connectivity index (χ2v) is 5.86. The van der Waals surface area contributed by atoms with Crippen molar-refractivity contribution in [2.24, 2.45) is 5.92 Å². The number of piperidine rings is 1. The molecule has 7 heteroatoms. The van der Waals surface area contributed by atoms with E-state index in [1.165, 1.54) is 6.07 Å². The van der Waals surface area contributed by atoms with Gasteiger partial charge in [0, 0.05) is 31.5 Å². The molecule has 0 spiro atoms. The van der Waals surface area contributed by atoms with Gasteiger partial charge in [-0.3, -0.25) is 4.79 Å². The van der Waals surface area contributed by atoms with E-state index in [2.05, 4.69) is 10.6 Å². The molecule has 126 valence electrons. The number of rotatable bonds is 3. The Labute approximate surface area is 134 Å². The largest absolute Gasteiger partial charge is 0.489 e. The van der Waals surface area contributed by atoms with E-state index >= 15 is 0 Å². The molecule has 6 nitrogen and oxygen atoms in total. The van der Waals surface area contributed by atoms with Crippen LogP contribution < -0.4 is 20.1 Å². The SMILES string of the molecule is O=C(NCC1CCNCC1O)c1cc(F)cc2c1OCCCO2. The van der Waals surface area contributed by atoms with E-state index in [9.17, 15) is 14.3 Å². The maximum absolute atomic E-state index is 13.7. The maximum atomic E-state index is 13.7. The number of carbonyl (C=O) groups is 1. The predicted molar refractivity (Wildman–Crippen MR) is 81.3 cm³/mol. The first-order valence-corrected chi connectivity index (χ1v) is 7.91. The van der Waals surface area contributed by atoms with Gasteiger partial charge in [-0.05, 0) is 19.0 Å². The minimum absolute atomic E-state index is 0.00969. The van der Waals surface area contributed by atoms with Crippen molar-refractivity contribution < 1.29 is 23.8 Å². The van der Waals surface area contributed by atoms with Crippen molar-refractivity contribution in [3.8, 4) is 11.5 Å². The number of halogens is 1. The molecule has 0 aliphatic carbocycles. The number of aliphatic hydroxyl groups excluding tert-OH is 1. The number of carbonyl (C=O) groups excluding carboxylic acids is 1. The molecule has 0 bridgehead atoms. The molecule has 23 heavy (non-hydrogen) atoms. The molecule has 2 aliphatic heterocycles. The van der Waals surface area contributed by atoms with Gasteiger partial charge in [-0.1, -0.05) is 0 Å². The second kappa shape index (κ2) is 7.14. The maximum Gasteiger partial charge on any atom is 0.255 e. The van der Waals surface area contributed by atoms with Crippen LogP contribution in [0.25, 0.3) is 0 Å². The lowest BCUT2D eigenvalue weighted by atomic mass is 9.95. The summed E-state index contributed by atoms with van der Waals surface area (Å²) in [5.74, 6) is -0.426. The van der Waals surface area contributed by atoms with E-state index in [0.717, 1.165) is 19.0 Å². The zero-order chi connectivity index (χ0) is 16.2. The van der Waals surface area contributed by atoms with E-state index in [1.807, 2.05) is 0 Å². The quantitative estimate of drug-likeness (QED) is 0.762. The van der Waals surface area contributed by atoms with Gasteiger partial charge in [0.2, 0.25) is 0 Å². The van der Waals surface area contributed by atoms with Crippen LogP contribution in [0.4, 0.5) is 4.39 Å². The van der Waals surface area contributed by atoms with Crippen molar-refractivity contribution >= 4 is 5.91 Å². The van der Waals surface area contributed by atoms with Gasteiger partial charge in [0.05, 0.1) is 24.9 Å². The van der Waals surface area contributed by atoms with Crippen molar-refractivity contribution in [2.75, 3.05) is 32.8 Å². The first-order valence-electron chi connectivity index (χ1n) is 7.91. The number of hydrogen-bond donors (Lipinski definition) is 3. The Kier molecular flexibility index (Phi) is 4.97. The number of fused-ring (bicyclic) bond motifs is 1. The first kappa shape index (κ1) is 16.0. The van der Waals surface area contributed by atoms with Gasteiger partial charge in [0.15, 0.2) is 11.5 Å². The summed E-state index contributed by atoms with van der Waals surface area (Å²) in [6.45, 7) is 2.52. The highest BCUT2D eigenvalue weighted by molar-refractivity contribution is 5.97. The van der Waals surface area contributed by atoms with Gasteiger partial charge in [0.25, 0.3) is 5.91 Å². The lowest BCUT2D eigenvalue weighted by Crippen LogP contribution is -2.45. The standard InChI is InChI=1S/C16H21FN2O4/c17-11-6-12(15-14(7-11)22-4-1-5-23-15)16(21)19-8-10-2-3-18-9-13(10)20/h6-7,10,13,18,20H,1-5,8-9H2,(H,19,21). The highest BCUT2D eigenvalue weighted by Crippen LogP contribution is 2.34. The molecule has 1 aromatic carbocycles. The number of β-amino-alcohol motifs (C(OH)–C–C–N with tert-alkyl or cyclic N) is 1. The van der Waals surface area contributed by atoms with Crippen molar-refractivity contribution in [1.82, 2.24) is 10.6 Å². The van der Waals surface area contributed by atoms with Gasteiger partial charge in [0.1, 0.15) is 5.82 Å². The molecule has 3 N–H and O–H groups in total. The van der Waals surface area contributed by atoms with Crippen LogP contribution in [0.1, 0.15) is 23.2 Å². The van der Waals surface area contributed by atoms with E-state index < -0.39 is 17.8 Å². The number of ether oxygens (including phenoxy) is 2. The lowest BCUT2D eigenvalue weighted by Gasteiger charge is -2.28. The molecule has 0 saturated carbocycles. The van der Waals surface area contributed by atoms with Crippen LogP contribution in [0.15, 0.2) is 12.1 Å². The molecular weight excluding hydrogens is 303 g/mol. The summed E-state index contributed by atoms with van der Waals surface area (Å²) in [5, 5.41) is 15.8. The number of benzene rings is 1. The van der Waals surface area contributed by atoms with Crippen LogP contribution in [-0.4, -0.2) is 50.0 Å². The Hall–Kier alpha value is -1.86. The third kappa shape index (κ3) is 3.73. The number of aliphatic hydroxyl groups is 1. The molecule has 0 radical (unpaired) electrons.